The Morgan fingerprint density at radius 1 is 1.58 bits per heavy atom. The molecule has 1 amide bonds. The van der Waals surface area contributed by atoms with Crippen molar-refractivity contribution >= 4 is 40.6 Å². The van der Waals surface area contributed by atoms with Crippen molar-refractivity contribution in [3.63, 3.8) is 0 Å². The highest BCUT2D eigenvalue weighted by atomic mass is 35.5. The minimum Gasteiger partial charge on any atom is -0.399 e. The van der Waals surface area contributed by atoms with Crippen LogP contribution >= 0.6 is 23.4 Å². The second-order valence-electron chi connectivity index (χ2n) is 3.80. The summed E-state index contributed by atoms with van der Waals surface area (Å²) in [5.41, 5.74) is 6.68. The van der Waals surface area contributed by atoms with Gasteiger partial charge in [-0.25, -0.2) is 0 Å². The van der Waals surface area contributed by atoms with E-state index < -0.39 is 0 Å². The SMILES string of the molecule is Cn1cnnc1SCC(=O)Nc1cc(N)ccc1Cl. The van der Waals surface area contributed by atoms with E-state index in [-0.39, 0.29) is 11.7 Å². The first-order chi connectivity index (χ1) is 9.06. The van der Waals surface area contributed by atoms with Gasteiger partial charge in [0.2, 0.25) is 5.91 Å². The van der Waals surface area contributed by atoms with Crippen LogP contribution in [0, 0.1) is 0 Å². The van der Waals surface area contributed by atoms with E-state index in [0.717, 1.165) is 0 Å². The molecule has 3 N–H and O–H groups in total. The summed E-state index contributed by atoms with van der Waals surface area (Å²) in [6, 6.07) is 4.93. The Hall–Kier alpha value is -1.73. The number of amides is 1. The summed E-state index contributed by atoms with van der Waals surface area (Å²) in [5, 5.41) is 11.4. The summed E-state index contributed by atoms with van der Waals surface area (Å²) in [5.74, 6) is 0.0398. The summed E-state index contributed by atoms with van der Waals surface area (Å²) >= 11 is 7.26. The van der Waals surface area contributed by atoms with Gasteiger partial charge in [-0.15, -0.1) is 10.2 Å². The number of nitrogen functional groups attached to an aromatic ring is 1. The lowest BCUT2D eigenvalue weighted by atomic mass is 10.3. The van der Waals surface area contributed by atoms with Crippen molar-refractivity contribution in [2.45, 2.75) is 5.16 Å². The zero-order chi connectivity index (χ0) is 13.8. The average Bonchev–Trinajstić information content (AvgIpc) is 2.77. The van der Waals surface area contributed by atoms with E-state index in [1.165, 1.54) is 11.8 Å². The quantitative estimate of drug-likeness (QED) is 0.663. The van der Waals surface area contributed by atoms with Crippen molar-refractivity contribution in [3.8, 4) is 0 Å². The van der Waals surface area contributed by atoms with Crippen LogP contribution in [0.25, 0.3) is 0 Å². The van der Waals surface area contributed by atoms with Crippen LogP contribution in [0.15, 0.2) is 29.7 Å². The maximum Gasteiger partial charge on any atom is 0.234 e. The maximum atomic E-state index is 11.8. The third-order valence-electron chi connectivity index (χ3n) is 2.27. The largest absolute Gasteiger partial charge is 0.399 e. The maximum absolute atomic E-state index is 11.8. The topological polar surface area (TPSA) is 85.8 Å². The van der Waals surface area contributed by atoms with Gasteiger partial charge in [0, 0.05) is 12.7 Å². The van der Waals surface area contributed by atoms with Gasteiger partial charge < -0.3 is 15.6 Å². The van der Waals surface area contributed by atoms with E-state index in [4.69, 9.17) is 17.3 Å². The van der Waals surface area contributed by atoms with E-state index in [1.807, 2.05) is 7.05 Å². The Morgan fingerprint density at radius 3 is 3.05 bits per heavy atom. The van der Waals surface area contributed by atoms with Gasteiger partial charge in [-0.3, -0.25) is 4.79 Å². The molecule has 1 aromatic heterocycles. The predicted octanol–water partition coefficient (Wildman–Crippen LogP) is 1.78. The fourth-order valence-corrected chi connectivity index (χ4v) is 2.21. The number of hydrogen-bond acceptors (Lipinski definition) is 5. The first-order valence-electron chi connectivity index (χ1n) is 5.38. The van der Waals surface area contributed by atoms with Crippen molar-refractivity contribution in [1.82, 2.24) is 14.8 Å². The number of thioether (sulfide) groups is 1. The number of aryl methyl sites for hydroxylation is 1. The Bertz CT molecular complexity index is 601. The molecule has 0 spiro atoms. The summed E-state index contributed by atoms with van der Waals surface area (Å²) in [6.07, 6.45) is 1.58. The molecule has 0 unspecified atom stereocenters. The molecule has 100 valence electrons. The van der Waals surface area contributed by atoms with Crippen LogP contribution in [0.1, 0.15) is 0 Å². The zero-order valence-electron chi connectivity index (χ0n) is 10.1. The number of hydrogen-bond donors (Lipinski definition) is 2. The lowest BCUT2D eigenvalue weighted by Crippen LogP contribution is -2.15. The number of aromatic nitrogens is 3. The van der Waals surface area contributed by atoms with Crippen LogP contribution in [0.5, 0.6) is 0 Å². The molecule has 0 aliphatic rings. The van der Waals surface area contributed by atoms with Gasteiger partial charge >= 0.3 is 0 Å². The Labute approximate surface area is 119 Å². The van der Waals surface area contributed by atoms with Crippen LogP contribution in [-0.2, 0) is 11.8 Å². The molecular formula is C11H12ClN5OS. The van der Waals surface area contributed by atoms with Crippen LogP contribution < -0.4 is 11.1 Å². The molecule has 0 aliphatic heterocycles. The average molecular weight is 298 g/mol. The number of rotatable bonds is 4. The fourth-order valence-electron chi connectivity index (χ4n) is 1.36. The lowest BCUT2D eigenvalue weighted by Gasteiger charge is -2.07. The van der Waals surface area contributed by atoms with Gasteiger partial charge in [-0.05, 0) is 18.2 Å². The number of anilines is 2. The molecule has 2 rings (SSSR count). The summed E-state index contributed by atoms with van der Waals surface area (Å²) < 4.78 is 1.74. The monoisotopic (exact) mass is 297 g/mol. The first-order valence-corrected chi connectivity index (χ1v) is 6.74. The van der Waals surface area contributed by atoms with Crippen LogP contribution in [0.4, 0.5) is 11.4 Å². The number of nitrogens with two attached hydrogens (primary N) is 1. The number of nitrogens with one attached hydrogen (secondary N) is 1. The number of nitrogens with zero attached hydrogens (tertiary/aromatic N) is 3. The van der Waals surface area contributed by atoms with E-state index in [0.29, 0.717) is 21.6 Å². The van der Waals surface area contributed by atoms with Gasteiger partial charge in [-0.1, -0.05) is 23.4 Å². The number of halogens is 1. The van der Waals surface area contributed by atoms with Crippen LogP contribution in [0.2, 0.25) is 5.02 Å². The molecule has 8 heteroatoms. The van der Waals surface area contributed by atoms with Gasteiger partial charge in [0.05, 0.1) is 16.5 Å². The molecule has 0 radical (unpaired) electrons. The van der Waals surface area contributed by atoms with Crippen molar-refractivity contribution in [1.29, 1.82) is 0 Å². The Balaban J connectivity index is 1.94. The first kappa shape index (κ1) is 13.7. The highest BCUT2D eigenvalue weighted by molar-refractivity contribution is 7.99. The highest BCUT2D eigenvalue weighted by Crippen LogP contribution is 2.24. The molecular weight excluding hydrogens is 286 g/mol. The third kappa shape index (κ3) is 3.62. The molecule has 0 atom stereocenters. The fraction of sp³-hybridized carbons (Fsp3) is 0.182. The molecule has 0 aliphatic carbocycles. The van der Waals surface area contributed by atoms with Crippen molar-refractivity contribution < 1.29 is 4.79 Å². The molecule has 6 nitrogen and oxygen atoms in total. The molecule has 0 saturated heterocycles. The summed E-state index contributed by atoms with van der Waals surface area (Å²) in [7, 11) is 1.81. The van der Waals surface area contributed by atoms with Gasteiger partial charge in [0.25, 0.3) is 0 Å². The minimum atomic E-state index is -0.180. The Morgan fingerprint density at radius 2 is 2.37 bits per heavy atom. The molecule has 1 heterocycles. The normalized spacial score (nSPS) is 10.4. The number of carbonyl (C=O) groups is 1. The van der Waals surface area contributed by atoms with Gasteiger partial charge in [0.1, 0.15) is 6.33 Å². The van der Waals surface area contributed by atoms with Crippen molar-refractivity contribution in [2.75, 3.05) is 16.8 Å². The molecule has 2 aromatic rings. The second-order valence-corrected chi connectivity index (χ2v) is 5.15. The molecule has 0 saturated carbocycles. The van der Waals surface area contributed by atoms with Crippen LogP contribution in [0.3, 0.4) is 0 Å². The molecule has 19 heavy (non-hydrogen) atoms. The summed E-state index contributed by atoms with van der Waals surface area (Å²) in [6.45, 7) is 0. The van der Waals surface area contributed by atoms with Crippen molar-refractivity contribution in [3.05, 3.63) is 29.5 Å². The molecule has 0 fully saturated rings. The lowest BCUT2D eigenvalue weighted by molar-refractivity contribution is -0.113. The van der Waals surface area contributed by atoms with Gasteiger partial charge in [0.15, 0.2) is 5.16 Å². The number of carbonyl (C=O) groups excluding carboxylic acids is 1. The van der Waals surface area contributed by atoms with Crippen LogP contribution in [-0.4, -0.2) is 26.4 Å². The number of benzene rings is 1. The molecule has 1 aromatic carbocycles. The zero-order valence-corrected chi connectivity index (χ0v) is 11.7. The molecule has 0 bridgehead atoms. The smallest absolute Gasteiger partial charge is 0.234 e. The van der Waals surface area contributed by atoms with E-state index in [2.05, 4.69) is 15.5 Å². The van der Waals surface area contributed by atoms with Crippen molar-refractivity contribution in [2.24, 2.45) is 7.05 Å². The van der Waals surface area contributed by atoms with Gasteiger partial charge in [-0.2, -0.15) is 0 Å². The minimum absolute atomic E-state index is 0.180. The third-order valence-corrected chi connectivity index (χ3v) is 3.63. The highest BCUT2D eigenvalue weighted by Gasteiger charge is 2.09. The van der Waals surface area contributed by atoms with E-state index in [9.17, 15) is 4.79 Å². The Kier molecular flexibility index (Phi) is 4.28. The summed E-state index contributed by atoms with van der Waals surface area (Å²) in [4.78, 5) is 11.8. The predicted molar refractivity (Wildman–Crippen MR) is 76.2 cm³/mol. The standard InChI is InChI=1S/C11H12ClN5OS/c1-17-6-14-16-11(17)19-5-10(18)15-9-4-7(13)2-3-8(9)12/h2-4,6H,5,13H2,1H3,(H,15,18). The van der Waals surface area contributed by atoms with E-state index in [1.54, 1.807) is 29.1 Å². The van der Waals surface area contributed by atoms with E-state index >= 15 is 0 Å². The second kappa shape index (κ2) is 5.94.